The summed E-state index contributed by atoms with van der Waals surface area (Å²) in [7, 11) is 0. The summed E-state index contributed by atoms with van der Waals surface area (Å²) in [4.78, 5) is 17.5. The fraction of sp³-hybridized carbons (Fsp3) is 0.333. The van der Waals surface area contributed by atoms with Crippen LogP contribution in [-0.2, 0) is 0 Å². The number of para-hydroxylation sites is 1. The highest BCUT2D eigenvalue weighted by molar-refractivity contribution is 7.99. The Labute approximate surface area is 173 Å². The second kappa shape index (κ2) is 8.99. The molecule has 28 heavy (non-hydrogen) atoms. The molecule has 0 aliphatic carbocycles. The zero-order valence-electron chi connectivity index (χ0n) is 16.1. The number of hydrogen-bond donors (Lipinski definition) is 1. The lowest BCUT2D eigenvalue weighted by Crippen LogP contribution is -2.26. The summed E-state index contributed by atoms with van der Waals surface area (Å²) in [6, 6.07) is 12.7. The second-order valence-electron chi connectivity index (χ2n) is 6.87. The lowest BCUT2D eigenvalue weighted by Gasteiger charge is -2.18. The predicted molar refractivity (Wildman–Crippen MR) is 115 cm³/mol. The fourth-order valence-corrected chi connectivity index (χ4v) is 4.03. The van der Waals surface area contributed by atoms with Crippen molar-refractivity contribution in [2.75, 3.05) is 12.4 Å². The maximum Gasteiger partial charge on any atom is 0.262 e. The van der Waals surface area contributed by atoms with E-state index in [9.17, 15) is 9.90 Å². The van der Waals surface area contributed by atoms with Gasteiger partial charge in [0.05, 0.1) is 17.0 Å². The van der Waals surface area contributed by atoms with Crippen molar-refractivity contribution in [3.05, 3.63) is 63.4 Å². The number of aliphatic hydroxyl groups is 1. The van der Waals surface area contributed by atoms with Crippen LogP contribution in [0.4, 0.5) is 0 Å². The Morgan fingerprint density at radius 2 is 2.00 bits per heavy atom. The number of hydrogen-bond acceptors (Lipinski definition) is 5. The standard InChI is InChI=1S/C21H23ClN2O3S/c1-13(2)24-20(26)17-9-8-15(22)10-18(17)23-21(24)28-12-16(25)11-27-19-7-5-4-6-14(19)3/h4-10,13,16,25H,11-12H2,1-3H3/t16-/m1/s1. The van der Waals surface area contributed by atoms with Gasteiger partial charge in [-0.1, -0.05) is 41.6 Å². The predicted octanol–water partition coefficient (Wildman–Crippen LogP) is 4.47. The number of rotatable bonds is 7. The molecule has 0 bridgehead atoms. The average molecular weight is 419 g/mol. The first-order chi connectivity index (χ1) is 13.4. The smallest absolute Gasteiger partial charge is 0.262 e. The molecule has 1 N–H and O–H groups in total. The summed E-state index contributed by atoms with van der Waals surface area (Å²) in [5.41, 5.74) is 1.47. The Balaban J connectivity index is 1.76. The summed E-state index contributed by atoms with van der Waals surface area (Å²) in [5, 5.41) is 12.0. The van der Waals surface area contributed by atoms with Crippen LogP contribution in [0.5, 0.6) is 5.75 Å². The van der Waals surface area contributed by atoms with Gasteiger partial charge in [0.1, 0.15) is 12.4 Å². The molecule has 0 amide bonds. The summed E-state index contributed by atoms with van der Waals surface area (Å²) in [6.45, 7) is 6.00. The zero-order valence-corrected chi connectivity index (χ0v) is 17.6. The van der Waals surface area contributed by atoms with Crippen LogP contribution in [0.1, 0.15) is 25.5 Å². The Morgan fingerprint density at radius 3 is 2.71 bits per heavy atom. The molecule has 0 aliphatic heterocycles. The molecule has 0 saturated heterocycles. The van der Waals surface area contributed by atoms with E-state index in [2.05, 4.69) is 4.98 Å². The first-order valence-corrected chi connectivity index (χ1v) is 10.4. The Bertz CT molecular complexity index is 1040. The second-order valence-corrected chi connectivity index (χ2v) is 8.29. The first-order valence-electron chi connectivity index (χ1n) is 9.08. The molecule has 148 valence electrons. The van der Waals surface area contributed by atoms with E-state index >= 15 is 0 Å². The topological polar surface area (TPSA) is 64.3 Å². The van der Waals surface area contributed by atoms with Gasteiger partial charge in [-0.25, -0.2) is 4.98 Å². The highest BCUT2D eigenvalue weighted by Gasteiger charge is 2.16. The van der Waals surface area contributed by atoms with E-state index < -0.39 is 6.10 Å². The largest absolute Gasteiger partial charge is 0.491 e. The van der Waals surface area contributed by atoms with Gasteiger partial charge in [0.2, 0.25) is 0 Å². The molecular formula is C21H23ClN2O3S. The van der Waals surface area contributed by atoms with Crippen molar-refractivity contribution in [2.24, 2.45) is 0 Å². The number of aliphatic hydroxyl groups excluding tert-OH is 1. The maximum atomic E-state index is 12.9. The van der Waals surface area contributed by atoms with E-state index in [0.717, 1.165) is 11.3 Å². The van der Waals surface area contributed by atoms with Crippen molar-refractivity contribution >= 4 is 34.3 Å². The number of benzene rings is 2. The molecule has 1 heterocycles. The van der Waals surface area contributed by atoms with E-state index in [1.54, 1.807) is 22.8 Å². The number of fused-ring (bicyclic) bond motifs is 1. The minimum absolute atomic E-state index is 0.0528. The number of aromatic nitrogens is 2. The van der Waals surface area contributed by atoms with E-state index in [4.69, 9.17) is 16.3 Å². The zero-order chi connectivity index (χ0) is 20.3. The van der Waals surface area contributed by atoms with Crippen LogP contribution in [0.25, 0.3) is 10.9 Å². The van der Waals surface area contributed by atoms with Crippen LogP contribution in [0, 0.1) is 6.92 Å². The highest BCUT2D eigenvalue weighted by Crippen LogP contribution is 2.24. The minimum atomic E-state index is -0.697. The quantitative estimate of drug-likeness (QED) is 0.453. The van der Waals surface area contributed by atoms with Gasteiger partial charge in [-0.15, -0.1) is 0 Å². The molecule has 0 saturated carbocycles. The third-order valence-corrected chi connectivity index (χ3v) is 5.61. The molecule has 0 fully saturated rings. The van der Waals surface area contributed by atoms with E-state index in [1.165, 1.54) is 11.8 Å². The Kier molecular flexibility index (Phi) is 6.65. The van der Waals surface area contributed by atoms with Crippen LogP contribution in [0.2, 0.25) is 5.02 Å². The molecule has 0 spiro atoms. The lowest BCUT2D eigenvalue weighted by atomic mass is 10.2. The highest BCUT2D eigenvalue weighted by atomic mass is 35.5. The third kappa shape index (κ3) is 4.69. The number of halogens is 1. The third-order valence-electron chi connectivity index (χ3n) is 4.28. The minimum Gasteiger partial charge on any atom is -0.491 e. The molecule has 0 aliphatic rings. The summed E-state index contributed by atoms with van der Waals surface area (Å²) < 4.78 is 7.35. The van der Waals surface area contributed by atoms with Crippen molar-refractivity contribution in [1.82, 2.24) is 9.55 Å². The van der Waals surface area contributed by atoms with Crippen LogP contribution >= 0.6 is 23.4 Å². The van der Waals surface area contributed by atoms with Crippen LogP contribution in [-0.4, -0.2) is 33.1 Å². The molecule has 0 unspecified atom stereocenters. The van der Waals surface area contributed by atoms with Gasteiger partial charge in [0.15, 0.2) is 5.16 Å². The molecule has 1 atom stereocenters. The van der Waals surface area contributed by atoms with Gasteiger partial charge >= 0.3 is 0 Å². The van der Waals surface area contributed by atoms with Gasteiger partial charge in [-0.2, -0.15) is 0 Å². The molecule has 3 aromatic rings. The van der Waals surface area contributed by atoms with Crippen molar-refractivity contribution in [3.8, 4) is 5.75 Å². The number of aryl methyl sites for hydroxylation is 1. The van der Waals surface area contributed by atoms with E-state index in [1.807, 2.05) is 45.0 Å². The van der Waals surface area contributed by atoms with Crippen LogP contribution < -0.4 is 10.3 Å². The van der Waals surface area contributed by atoms with Crippen molar-refractivity contribution in [3.63, 3.8) is 0 Å². The Hall–Kier alpha value is -2.02. The first kappa shape index (κ1) is 20.7. The lowest BCUT2D eigenvalue weighted by molar-refractivity contribution is 0.126. The van der Waals surface area contributed by atoms with Gasteiger partial charge in [-0.3, -0.25) is 9.36 Å². The molecule has 7 heteroatoms. The van der Waals surface area contributed by atoms with Gasteiger partial charge in [0.25, 0.3) is 5.56 Å². The number of thioether (sulfide) groups is 1. The molecule has 5 nitrogen and oxygen atoms in total. The fourth-order valence-electron chi connectivity index (χ4n) is 2.83. The van der Waals surface area contributed by atoms with Crippen LogP contribution in [0.3, 0.4) is 0 Å². The van der Waals surface area contributed by atoms with Crippen molar-refractivity contribution in [1.29, 1.82) is 0 Å². The maximum absolute atomic E-state index is 12.9. The summed E-state index contributed by atoms with van der Waals surface area (Å²) in [5.74, 6) is 1.11. The van der Waals surface area contributed by atoms with Gasteiger partial charge in [0, 0.05) is 16.8 Å². The number of ether oxygens (including phenoxy) is 1. The monoisotopic (exact) mass is 418 g/mol. The molecule has 0 radical (unpaired) electrons. The van der Waals surface area contributed by atoms with E-state index in [-0.39, 0.29) is 18.2 Å². The summed E-state index contributed by atoms with van der Waals surface area (Å²) in [6.07, 6.45) is -0.697. The molecule has 2 aromatic carbocycles. The number of nitrogens with zero attached hydrogens (tertiary/aromatic N) is 2. The molecule has 3 rings (SSSR count). The molecular weight excluding hydrogens is 396 g/mol. The SMILES string of the molecule is Cc1ccccc1OC[C@@H](O)CSc1nc2cc(Cl)ccc2c(=O)n1C(C)C. The normalized spacial score (nSPS) is 12.5. The van der Waals surface area contributed by atoms with Crippen LogP contribution in [0.15, 0.2) is 52.4 Å². The molecule has 1 aromatic heterocycles. The van der Waals surface area contributed by atoms with Crippen molar-refractivity contribution in [2.45, 2.75) is 38.1 Å². The van der Waals surface area contributed by atoms with Crippen molar-refractivity contribution < 1.29 is 9.84 Å². The van der Waals surface area contributed by atoms with Gasteiger partial charge in [-0.05, 0) is 50.6 Å². The van der Waals surface area contributed by atoms with E-state index in [0.29, 0.717) is 26.8 Å². The average Bonchev–Trinajstić information content (AvgIpc) is 2.65. The van der Waals surface area contributed by atoms with Gasteiger partial charge < -0.3 is 9.84 Å². The summed E-state index contributed by atoms with van der Waals surface area (Å²) >= 11 is 7.39. The Morgan fingerprint density at radius 1 is 1.25 bits per heavy atom.